The fraction of sp³-hybridized carbons (Fsp3) is 0.750. The van der Waals surface area contributed by atoms with Gasteiger partial charge in [-0.1, -0.05) is 72.1 Å². The molecule has 0 amide bonds. The van der Waals surface area contributed by atoms with Crippen molar-refractivity contribution in [1.82, 2.24) is 0 Å². The molecular weight excluding hydrogens is 352 g/mol. The van der Waals surface area contributed by atoms with Crippen molar-refractivity contribution in [3.63, 3.8) is 0 Å². The van der Waals surface area contributed by atoms with E-state index in [1.54, 1.807) is 11.1 Å². The molecule has 29 heavy (non-hydrogen) atoms. The molecule has 4 aliphatic rings. The maximum Gasteiger partial charge on any atom is 0.156 e. The third kappa shape index (κ3) is 3.41. The van der Waals surface area contributed by atoms with E-state index in [1.807, 2.05) is 6.08 Å². The first-order valence-corrected chi connectivity index (χ1v) is 12.3. The summed E-state index contributed by atoms with van der Waals surface area (Å²) >= 11 is 0. The van der Waals surface area contributed by atoms with Gasteiger partial charge in [-0.05, 0) is 89.7 Å². The van der Waals surface area contributed by atoms with Crippen LogP contribution in [0.4, 0.5) is 0 Å². The fourth-order valence-electron chi connectivity index (χ4n) is 7.33. The van der Waals surface area contributed by atoms with Gasteiger partial charge in [0.05, 0.1) is 0 Å². The molecule has 0 heterocycles. The Morgan fingerprint density at radius 1 is 0.966 bits per heavy atom. The molecule has 0 saturated heterocycles. The van der Waals surface area contributed by atoms with Crippen molar-refractivity contribution in [2.24, 2.45) is 40.4 Å². The van der Waals surface area contributed by atoms with E-state index in [-0.39, 0.29) is 5.41 Å². The van der Waals surface area contributed by atoms with Crippen LogP contribution in [0.2, 0.25) is 0 Å². The third-order valence-corrected chi connectivity index (χ3v) is 9.87. The zero-order valence-corrected chi connectivity index (χ0v) is 19.7. The zero-order chi connectivity index (χ0) is 21.0. The number of hydrogen-bond acceptors (Lipinski definition) is 1. The summed E-state index contributed by atoms with van der Waals surface area (Å²) in [5.74, 6) is 4.25. The SMILES string of the molecule is CC(C)[C@H](C)CC[C@@H](C)[C@@H]1CCC2=C3C=CC4=CC(=O)CC[C@]4(C)[C@H]3CC[C@]21C. The highest BCUT2D eigenvalue weighted by Crippen LogP contribution is 2.63. The molecule has 0 bridgehead atoms. The van der Waals surface area contributed by atoms with Gasteiger partial charge in [-0.25, -0.2) is 0 Å². The van der Waals surface area contributed by atoms with Gasteiger partial charge in [0.25, 0.3) is 0 Å². The predicted octanol–water partition coefficient (Wildman–Crippen LogP) is 7.68. The van der Waals surface area contributed by atoms with Crippen LogP contribution < -0.4 is 0 Å². The van der Waals surface area contributed by atoms with Crippen LogP contribution in [0.25, 0.3) is 0 Å². The van der Waals surface area contributed by atoms with Crippen LogP contribution in [-0.4, -0.2) is 5.78 Å². The van der Waals surface area contributed by atoms with Crippen molar-refractivity contribution in [1.29, 1.82) is 0 Å². The summed E-state index contributed by atoms with van der Waals surface area (Å²) < 4.78 is 0. The summed E-state index contributed by atoms with van der Waals surface area (Å²) in [7, 11) is 0. The molecule has 1 fully saturated rings. The van der Waals surface area contributed by atoms with Gasteiger partial charge in [0.15, 0.2) is 5.78 Å². The summed E-state index contributed by atoms with van der Waals surface area (Å²) in [6, 6.07) is 0. The summed E-state index contributed by atoms with van der Waals surface area (Å²) in [6.45, 7) is 14.7. The molecule has 0 aromatic rings. The molecule has 4 aliphatic carbocycles. The van der Waals surface area contributed by atoms with Crippen LogP contribution in [0.1, 0.15) is 92.9 Å². The average molecular weight is 395 g/mol. The zero-order valence-electron chi connectivity index (χ0n) is 19.7. The van der Waals surface area contributed by atoms with Crippen molar-refractivity contribution >= 4 is 5.78 Å². The van der Waals surface area contributed by atoms with Gasteiger partial charge in [-0.3, -0.25) is 4.79 Å². The van der Waals surface area contributed by atoms with Gasteiger partial charge >= 0.3 is 0 Å². The van der Waals surface area contributed by atoms with Crippen LogP contribution >= 0.6 is 0 Å². The molecule has 160 valence electrons. The molecule has 1 heteroatoms. The second-order valence-electron chi connectivity index (χ2n) is 11.7. The van der Waals surface area contributed by atoms with E-state index in [2.05, 4.69) is 53.7 Å². The molecule has 1 nitrogen and oxygen atoms in total. The van der Waals surface area contributed by atoms with Gasteiger partial charge < -0.3 is 0 Å². The molecule has 0 unspecified atom stereocenters. The van der Waals surface area contributed by atoms with Crippen molar-refractivity contribution in [2.45, 2.75) is 92.9 Å². The van der Waals surface area contributed by atoms with Crippen LogP contribution in [0.15, 0.2) is 34.9 Å². The largest absolute Gasteiger partial charge is 0.295 e. The molecule has 6 atom stereocenters. The van der Waals surface area contributed by atoms with Crippen LogP contribution in [0, 0.1) is 40.4 Å². The van der Waals surface area contributed by atoms with Gasteiger partial charge in [-0.2, -0.15) is 0 Å². The van der Waals surface area contributed by atoms with Gasteiger partial charge in [-0.15, -0.1) is 0 Å². The topological polar surface area (TPSA) is 17.1 Å². The molecular formula is C28H42O. The lowest BCUT2D eigenvalue weighted by atomic mass is 9.53. The predicted molar refractivity (Wildman–Crippen MR) is 123 cm³/mol. The smallest absolute Gasteiger partial charge is 0.156 e. The van der Waals surface area contributed by atoms with Crippen molar-refractivity contribution in [3.8, 4) is 0 Å². The van der Waals surface area contributed by atoms with E-state index in [0.29, 0.717) is 17.1 Å². The summed E-state index contributed by atoms with van der Waals surface area (Å²) in [4.78, 5) is 12.0. The number of carbonyl (C=O) groups excluding carboxylic acids is 1. The van der Waals surface area contributed by atoms with Gasteiger partial charge in [0.1, 0.15) is 0 Å². The Labute approximate surface area is 179 Å². The van der Waals surface area contributed by atoms with E-state index < -0.39 is 0 Å². The highest BCUT2D eigenvalue weighted by Gasteiger charge is 2.53. The van der Waals surface area contributed by atoms with E-state index in [1.165, 1.54) is 44.1 Å². The second-order valence-corrected chi connectivity index (χ2v) is 11.7. The summed E-state index contributed by atoms with van der Waals surface area (Å²) in [6.07, 6.45) is 16.5. The minimum Gasteiger partial charge on any atom is -0.295 e. The average Bonchev–Trinajstić information content (AvgIpc) is 3.03. The van der Waals surface area contributed by atoms with E-state index in [9.17, 15) is 4.79 Å². The van der Waals surface area contributed by atoms with Crippen LogP contribution in [0.3, 0.4) is 0 Å². The molecule has 1 saturated carbocycles. The number of allylic oxidation sites excluding steroid dienone is 6. The first kappa shape index (κ1) is 21.1. The summed E-state index contributed by atoms with van der Waals surface area (Å²) in [5.41, 5.74) is 5.34. The Balaban J connectivity index is 1.60. The van der Waals surface area contributed by atoms with Crippen LogP contribution in [0.5, 0.6) is 0 Å². The number of rotatable bonds is 5. The molecule has 0 aromatic heterocycles. The molecule has 4 rings (SSSR count). The van der Waals surface area contributed by atoms with Crippen molar-refractivity contribution < 1.29 is 4.79 Å². The molecule has 0 aliphatic heterocycles. The minimum atomic E-state index is 0.183. The molecule has 0 spiro atoms. The Kier molecular flexibility index (Phi) is 5.50. The van der Waals surface area contributed by atoms with E-state index in [4.69, 9.17) is 0 Å². The monoisotopic (exact) mass is 394 g/mol. The minimum absolute atomic E-state index is 0.183. The van der Waals surface area contributed by atoms with Gasteiger partial charge in [0.2, 0.25) is 0 Å². The Hall–Kier alpha value is -1.11. The van der Waals surface area contributed by atoms with Crippen molar-refractivity contribution in [2.75, 3.05) is 0 Å². The highest BCUT2D eigenvalue weighted by atomic mass is 16.1. The summed E-state index contributed by atoms with van der Waals surface area (Å²) in [5, 5.41) is 0. The lowest BCUT2D eigenvalue weighted by Crippen LogP contribution is -2.41. The van der Waals surface area contributed by atoms with Crippen molar-refractivity contribution in [3.05, 3.63) is 34.9 Å². The maximum absolute atomic E-state index is 12.0. The molecule has 0 radical (unpaired) electrons. The number of carbonyl (C=O) groups is 1. The van der Waals surface area contributed by atoms with Gasteiger partial charge in [0, 0.05) is 6.42 Å². The molecule has 0 N–H and O–H groups in total. The third-order valence-electron chi connectivity index (χ3n) is 9.87. The van der Waals surface area contributed by atoms with E-state index in [0.717, 1.165) is 36.5 Å². The Morgan fingerprint density at radius 3 is 2.45 bits per heavy atom. The normalized spacial score (nSPS) is 38.4. The highest BCUT2D eigenvalue weighted by molar-refractivity contribution is 5.92. The first-order valence-electron chi connectivity index (χ1n) is 12.3. The maximum atomic E-state index is 12.0. The number of ketones is 1. The standard InChI is InChI=1S/C28H42O/c1-18(2)19(3)7-8-20(4)24-11-12-25-23-10-9-21-17-22(29)13-15-27(21,5)26(23)14-16-28(24,25)6/h9-10,17-20,24,26H,7-8,11-16H2,1-6H3/t19-,20-,24+,26+,27+,28+/m1/s1. The number of hydrogen-bond donors (Lipinski definition) is 0. The Bertz CT molecular complexity index is 765. The lowest BCUT2D eigenvalue weighted by Gasteiger charge is -2.51. The second kappa shape index (κ2) is 7.54. The quantitative estimate of drug-likeness (QED) is 0.467. The first-order chi connectivity index (χ1) is 13.7. The van der Waals surface area contributed by atoms with Crippen LogP contribution in [-0.2, 0) is 4.79 Å². The van der Waals surface area contributed by atoms with E-state index >= 15 is 0 Å². The fourth-order valence-corrected chi connectivity index (χ4v) is 7.33. The lowest BCUT2D eigenvalue weighted by molar-refractivity contribution is -0.116. The molecule has 0 aromatic carbocycles. The Morgan fingerprint density at radius 2 is 1.72 bits per heavy atom. The number of fused-ring (bicyclic) bond motifs is 4.